The van der Waals surface area contributed by atoms with Gasteiger partial charge in [-0.2, -0.15) is 0 Å². The van der Waals surface area contributed by atoms with Crippen molar-refractivity contribution >= 4 is 17.3 Å². The summed E-state index contributed by atoms with van der Waals surface area (Å²) < 4.78 is 5.05. The third kappa shape index (κ3) is 3.85. The van der Waals surface area contributed by atoms with Gasteiger partial charge >= 0.3 is 0 Å². The van der Waals surface area contributed by atoms with Crippen LogP contribution in [0.3, 0.4) is 0 Å². The lowest BCUT2D eigenvalue weighted by Crippen LogP contribution is -2.28. The number of methoxy groups -OCH3 is 1. The van der Waals surface area contributed by atoms with Gasteiger partial charge in [0.05, 0.1) is 6.61 Å². The van der Waals surface area contributed by atoms with Crippen molar-refractivity contribution < 1.29 is 4.74 Å². The Morgan fingerprint density at radius 1 is 1.42 bits per heavy atom. The van der Waals surface area contributed by atoms with Crippen molar-refractivity contribution in [1.82, 2.24) is 5.32 Å². The molecule has 0 unspecified atom stereocenters. The van der Waals surface area contributed by atoms with Gasteiger partial charge < -0.3 is 15.0 Å². The monoisotopic (exact) mass is 282 g/mol. The Bertz CT molecular complexity index is 407. The van der Waals surface area contributed by atoms with E-state index in [9.17, 15) is 0 Å². The average Bonchev–Trinajstić information content (AvgIpc) is 3.22. The van der Waals surface area contributed by atoms with Crippen LogP contribution in [0.4, 0.5) is 5.69 Å². The molecule has 1 aromatic carbocycles. The summed E-state index contributed by atoms with van der Waals surface area (Å²) in [6, 6.07) is 6.91. The number of halogens is 1. The molecule has 1 fully saturated rings. The number of anilines is 1. The van der Waals surface area contributed by atoms with Gasteiger partial charge in [0.2, 0.25) is 0 Å². The zero-order valence-electron chi connectivity index (χ0n) is 11.8. The summed E-state index contributed by atoms with van der Waals surface area (Å²) in [7, 11) is 1.72. The number of hydrogen-bond acceptors (Lipinski definition) is 3. The van der Waals surface area contributed by atoms with E-state index in [1.165, 1.54) is 24.1 Å². The van der Waals surface area contributed by atoms with Crippen LogP contribution in [0.1, 0.15) is 25.3 Å². The first-order chi connectivity index (χ1) is 9.27. The van der Waals surface area contributed by atoms with E-state index in [0.29, 0.717) is 6.04 Å². The molecular formula is C15H23ClN2O. The van der Waals surface area contributed by atoms with Crippen LogP contribution in [-0.2, 0) is 11.3 Å². The molecule has 1 aliphatic carbocycles. The molecule has 0 atom stereocenters. The van der Waals surface area contributed by atoms with Crippen molar-refractivity contribution in [3.05, 3.63) is 28.8 Å². The summed E-state index contributed by atoms with van der Waals surface area (Å²) in [5.41, 5.74) is 2.48. The zero-order valence-corrected chi connectivity index (χ0v) is 12.5. The zero-order chi connectivity index (χ0) is 13.7. The number of nitrogens with zero attached hydrogens (tertiary/aromatic N) is 1. The molecule has 0 aromatic heterocycles. The van der Waals surface area contributed by atoms with Crippen LogP contribution in [0.2, 0.25) is 5.02 Å². The topological polar surface area (TPSA) is 24.5 Å². The quantitative estimate of drug-likeness (QED) is 0.742. The van der Waals surface area contributed by atoms with Gasteiger partial charge in [0.15, 0.2) is 0 Å². The highest BCUT2D eigenvalue weighted by Gasteiger charge is 2.29. The Morgan fingerprint density at radius 2 is 2.21 bits per heavy atom. The van der Waals surface area contributed by atoms with E-state index in [-0.39, 0.29) is 0 Å². The molecular weight excluding hydrogens is 260 g/mol. The van der Waals surface area contributed by atoms with Crippen LogP contribution in [-0.4, -0.2) is 32.8 Å². The van der Waals surface area contributed by atoms with Crippen LogP contribution in [0, 0.1) is 0 Å². The molecule has 0 spiro atoms. The van der Waals surface area contributed by atoms with E-state index in [4.69, 9.17) is 16.3 Å². The van der Waals surface area contributed by atoms with Crippen molar-refractivity contribution in [3.63, 3.8) is 0 Å². The number of hydrogen-bond donors (Lipinski definition) is 1. The molecule has 2 rings (SSSR count). The molecule has 1 aliphatic rings. The van der Waals surface area contributed by atoms with Crippen molar-refractivity contribution in [2.24, 2.45) is 0 Å². The van der Waals surface area contributed by atoms with Crippen molar-refractivity contribution in [1.29, 1.82) is 0 Å². The van der Waals surface area contributed by atoms with Crippen molar-refractivity contribution in [2.45, 2.75) is 32.4 Å². The van der Waals surface area contributed by atoms with E-state index in [2.05, 4.69) is 23.2 Å². The fourth-order valence-corrected chi connectivity index (χ4v) is 2.63. The largest absolute Gasteiger partial charge is 0.383 e. The van der Waals surface area contributed by atoms with E-state index >= 15 is 0 Å². The van der Waals surface area contributed by atoms with E-state index in [1.54, 1.807) is 7.11 Å². The van der Waals surface area contributed by atoms with Crippen molar-refractivity contribution in [2.75, 3.05) is 31.7 Å². The highest BCUT2D eigenvalue weighted by atomic mass is 35.5. The van der Waals surface area contributed by atoms with E-state index in [1.807, 2.05) is 12.1 Å². The first-order valence-electron chi connectivity index (χ1n) is 7.01. The predicted octanol–water partition coefficient (Wildman–Crippen LogP) is 3.06. The minimum absolute atomic E-state index is 0.709. The second kappa shape index (κ2) is 7.13. The second-order valence-corrected chi connectivity index (χ2v) is 5.33. The van der Waals surface area contributed by atoms with Crippen molar-refractivity contribution in [3.8, 4) is 0 Å². The molecule has 0 amide bonds. The Balaban J connectivity index is 2.10. The Labute approximate surface area is 120 Å². The van der Waals surface area contributed by atoms with Gasteiger partial charge in [0, 0.05) is 49.1 Å². The second-order valence-electron chi connectivity index (χ2n) is 4.92. The van der Waals surface area contributed by atoms with Gasteiger partial charge in [-0.05, 0) is 31.9 Å². The summed E-state index contributed by atoms with van der Waals surface area (Å²) >= 11 is 6.37. The Morgan fingerprint density at radius 3 is 2.84 bits per heavy atom. The van der Waals surface area contributed by atoms with Crippen LogP contribution >= 0.6 is 11.6 Å². The molecule has 0 aliphatic heterocycles. The molecule has 0 radical (unpaired) electrons. The first-order valence-corrected chi connectivity index (χ1v) is 7.39. The minimum Gasteiger partial charge on any atom is -0.383 e. The summed E-state index contributed by atoms with van der Waals surface area (Å²) in [6.07, 6.45) is 2.60. The molecule has 1 aromatic rings. The Kier molecular flexibility index (Phi) is 5.49. The molecule has 4 heteroatoms. The lowest BCUT2D eigenvalue weighted by atomic mass is 10.1. The van der Waals surface area contributed by atoms with Gasteiger partial charge in [0.1, 0.15) is 0 Å². The fourth-order valence-electron chi connectivity index (χ4n) is 2.39. The number of nitrogens with one attached hydrogen (secondary N) is 1. The van der Waals surface area contributed by atoms with Crippen LogP contribution in [0.5, 0.6) is 0 Å². The van der Waals surface area contributed by atoms with Gasteiger partial charge in [-0.25, -0.2) is 0 Å². The summed E-state index contributed by atoms with van der Waals surface area (Å²) in [4.78, 5) is 2.47. The average molecular weight is 283 g/mol. The lowest BCUT2D eigenvalue weighted by Gasteiger charge is -2.26. The predicted molar refractivity (Wildman–Crippen MR) is 81.1 cm³/mol. The molecule has 106 valence electrons. The first kappa shape index (κ1) is 14.6. The van der Waals surface area contributed by atoms with Gasteiger partial charge in [0.25, 0.3) is 0 Å². The number of benzene rings is 1. The normalized spacial score (nSPS) is 14.7. The number of ether oxygens (including phenoxy) is 1. The fraction of sp³-hybridized carbons (Fsp3) is 0.600. The maximum Gasteiger partial charge on any atom is 0.0587 e. The summed E-state index contributed by atoms with van der Waals surface area (Å²) in [6.45, 7) is 5.61. The highest BCUT2D eigenvalue weighted by Crippen LogP contribution is 2.35. The molecule has 3 nitrogen and oxygen atoms in total. The van der Waals surface area contributed by atoms with E-state index < -0.39 is 0 Å². The van der Waals surface area contributed by atoms with Gasteiger partial charge in [-0.3, -0.25) is 0 Å². The third-order valence-corrected chi connectivity index (χ3v) is 3.87. The summed E-state index contributed by atoms with van der Waals surface area (Å²) in [5, 5.41) is 4.23. The highest BCUT2D eigenvalue weighted by molar-refractivity contribution is 6.31. The molecule has 0 saturated heterocycles. The smallest absolute Gasteiger partial charge is 0.0587 e. The molecule has 0 bridgehead atoms. The summed E-state index contributed by atoms with van der Waals surface area (Å²) in [5.74, 6) is 0. The van der Waals surface area contributed by atoms with Crippen LogP contribution in [0.15, 0.2) is 18.2 Å². The van der Waals surface area contributed by atoms with E-state index in [0.717, 1.165) is 31.3 Å². The molecule has 1 N–H and O–H groups in total. The maximum absolute atomic E-state index is 6.37. The number of rotatable bonds is 8. The van der Waals surface area contributed by atoms with Gasteiger partial charge in [-0.1, -0.05) is 17.7 Å². The van der Waals surface area contributed by atoms with Crippen LogP contribution < -0.4 is 10.2 Å². The Hall–Kier alpha value is -0.770. The molecule has 1 saturated carbocycles. The third-order valence-electron chi connectivity index (χ3n) is 3.52. The van der Waals surface area contributed by atoms with Crippen LogP contribution in [0.25, 0.3) is 0 Å². The van der Waals surface area contributed by atoms with Gasteiger partial charge in [-0.15, -0.1) is 0 Å². The maximum atomic E-state index is 6.37. The minimum atomic E-state index is 0.709. The molecule has 19 heavy (non-hydrogen) atoms. The standard InChI is InChI=1S/C15H23ClN2O/c1-3-18(12-7-8-12)15-6-4-5-14(16)13(15)11-17-9-10-19-2/h4-6,12,17H,3,7-11H2,1-2H3. The SMILES string of the molecule is CCN(c1cccc(Cl)c1CNCCOC)C1CC1. The lowest BCUT2D eigenvalue weighted by molar-refractivity contribution is 0.199. The molecule has 0 heterocycles.